The molecule has 3 rings (SSSR count). The summed E-state index contributed by atoms with van der Waals surface area (Å²) in [5, 5.41) is 3.56. The summed E-state index contributed by atoms with van der Waals surface area (Å²) < 4.78 is 0. The van der Waals surface area contributed by atoms with Crippen molar-refractivity contribution in [1.82, 2.24) is 5.32 Å². The van der Waals surface area contributed by atoms with E-state index in [-0.39, 0.29) is 0 Å². The molecule has 2 bridgehead atoms. The van der Waals surface area contributed by atoms with Crippen molar-refractivity contribution in [3.63, 3.8) is 0 Å². The summed E-state index contributed by atoms with van der Waals surface area (Å²) in [6, 6.07) is 0. The lowest BCUT2D eigenvalue weighted by atomic mass is 9.62. The van der Waals surface area contributed by atoms with Crippen molar-refractivity contribution in [2.45, 2.75) is 52.5 Å². The summed E-state index contributed by atoms with van der Waals surface area (Å²) in [5.74, 6) is 0. The third kappa shape index (κ3) is 1.31. The lowest BCUT2D eigenvalue weighted by molar-refractivity contribution is 0.122. The Morgan fingerprint density at radius 3 is 2.00 bits per heavy atom. The van der Waals surface area contributed by atoms with E-state index in [9.17, 15) is 0 Å². The van der Waals surface area contributed by atoms with Crippen molar-refractivity contribution in [2.75, 3.05) is 6.54 Å². The second-order valence-corrected chi connectivity index (χ2v) is 4.12. The van der Waals surface area contributed by atoms with Crippen LogP contribution in [0.2, 0.25) is 0 Å². The predicted molar refractivity (Wildman–Crippen MR) is 49.7 cm³/mol. The first-order chi connectivity index (χ1) is 5.18. The third-order valence-electron chi connectivity index (χ3n) is 3.17. The minimum Gasteiger partial charge on any atom is -0.311 e. The van der Waals surface area contributed by atoms with Crippen molar-refractivity contribution in [1.29, 1.82) is 0 Å². The van der Waals surface area contributed by atoms with E-state index in [2.05, 4.69) is 19.2 Å². The van der Waals surface area contributed by atoms with Crippen LogP contribution in [0.5, 0.6) is 0 Å². The van der Waals surface area contributed by atoms with Crippen molar-refractivity contribution in [3.8, 4) is 0 Å². The molecule has 66 valence electrons. The van der Waals surface area contributed by atoms with Gasteiger partial charge in [0, 0.05) is 12.1 Å². The lowest BCUT2D eigenvalue weighted by Gasteiger charge is -2.43. The SMILES string of the molecule is CC.CCC12CNC(C)(C1)C2. The van der Waals surface area contributed by atoms with Crippen LogP contribution in [0, 0.1) is 5.41 Å². The van der Waals surface area contributed by atoms with Gasteiger partial charge in [0.15, 0.2) is 0 Å². The molecule has 0 spiro atoms. The van der Waals surface area contributed by atoms with E-state index in [0.29, 0.717) is 5.54 Å². The molecule has 1 N–H and O–H groups in total. The van der Waals surface area contributed by atoms with Crippen LogP contribution < -0.4 is 5.32 Å². The number of fused-ring (bicyclic) bond motifs is 1. The molecule has 0 radical (unpaired) electrons. The molecule has 11 heavy (non-hydrogen) atoms. The van der Waals surface area contributed by atoms with E-state index in [1.807, 2.05) is 13.8 Å². The van der Waals surface area contributed by atoms with Crippen LogP contribution in [0.15, 0.2) is 0 Å². The van der Waals surface area contributed by atoms with Crippen molar-refractivity contribution in [3.05, 3.63) is 0 Å². The predicted octanol–water partition coefficient (Wildman–Crippen LogP) is 2.56. The molecule has 3 aliphatic rings. The highest BCUT2D eigenvalue weighted by Crippen LogP contribution is 2.55. The normalized spacial score (nSPS) is 45.8. The summed E-state index contributed by atoms with van der Waals surface area (Å²) in [6.07, 6.45) is 4.22. The van der Waals surface area contributed by atoms with E-state index < -0.39 is 0 Å². The quantitative estimate of drug-likeness (QED) is 0.613. The molecule has 0 aromatic heterocycles. The van der Waals surface area contributed by atoms with E-state index >= 15 is 0 Å². The first-order valence-electron chi connectivity index (χ1n) is 4.93. The van der Waals surface area contributed by atoms with Gasteiger partial charge in [0.05, 0.1) is 0 Å². The molecule has 0 unspecified atom stereocenters. The van der Waals surface area contributed by atoms with Gasteiger partial charge in [0.25, 0.3) is 0 Å². The minimum atomic E-state index is 0.552. The van der Waals surface area contributed by atoms with Crippen molar-refractivity contribution in [2.24, 2.45) is 5.41 Å². The molecule has 2 heterocycles. The second-order valence-electron chi connectivity index (χ2n) is 4.12. The standard InChI is InChI=1S/C8H15N.C2H6/c1-3-8-4-7(2,5-8)9-6-8;1-2/h9H,3-6H2,1-2H3;1-2H3. The summed E-state index contributed by atoms with van der Waals surface area (Å²) >= 11 is 0. The van der Waals surface area contributed by atoms with E-state index in [0.717, 1.165) is 5.41 Å². The fourth-order valence-electron chi connectivity index (χ4n) is 2.63. The molecular weight excluding hydrogens is 134 g/mol. The summed E-state index contributed by atoms with van der Waals surface area (Å²) in [5.41, 5.74) is 1.28. The number of hydrogen-bond acceptors (Lipinski definition) is 1. The third-order valence-corrected chi connectivity index (χ3v) is 3.17. The van der Waals surface area contributed by atoms with Crippen molar-refractivity contribution < 1.29 is 0 Å². The monoisotopic (exact) mass is 155 g/mol. The van der Waals surface area contributed by atoms with Gasteiger partial charge in [0.2, 0.25) is 0 Å². The summed E-state index contributed by atoms with van der Waals surface area (Å²) in [4.78, 5) is 0. The summed E-state index contributed by atoms with van der Waals surface area (Å²) in [6.45, 7) is 9.93. The van der Waals surface area contributed by atoms with Gasteiger partial charge in [-0.05, 0) is 31.6 Å². The molecule has 1 heteroatoms. The average Bonchev–Trinajstić information content (AvgIpc) is 2.46. The Hall–Kier alpha value is -0.0400. The molecule has 0 amide bonds. The second kappa shape index (κ2) is 2.78. The topological polar surface area (TPSA) is 12.0 Å². The van der Waals surface area contributed by atoms with Crippen LogP contribution in [0.3, 0.4) is 0 Å². The van der Waals surface area contributed by atoms with Gasteiger partial charge in [0.1, 0.15) is 0 Å². The average molecular weight is 155 g/mol. The molecule has 2 aliphatic heterocycles. The van der Waals surface area contributed by atoms with Gasteiger partial charge in [-0.25, -0.2) is 0 Å². The Balaban J connectivity index is 0.000000281. The maximum absolute atomic E-state index is 3.56. The molecule has 1 aliphatic carbocycles. The molecule has 0 aromatic rings. The smallest absolute Gasteiger partial charge is 0.0165 e. The van der Waals surface area contributed by atoms with Crippen LogP contribution >= 0.6 is 0 Å². The zero-order valence-corrected chi connectivity index (χ0v) is 8.33. The highest BCUT2D eigenvalue weighted by atomic mass is 15.1. The fourth-order valence-corrected chi connectivity index (χ4v) is 2.63. The number of rotatable bonds is 1. The number of nitrogens with one attached hydrogen (secondary N) is 1. The molecule has 2 saturated heterocycles. The highest BCUT2D eigenvalue weighted by Gasteiger charge is 2.56. The molecule has 3 fully saturated rings. The highest BCUT2D eigenvalue weighted by molar-refractivity contribution is 5.13. The molecule has 0 atom stereocenters. The van der Waals surface area contributed by atoms with E-state index in [1.165, 1.54) is 25.8 Å². The Kier molecular flexibility index (Phi) is 2.29. The molecular formula is C10H21N. The molecule has 0 aromatic carbocycles. The Labute approximate surface area is 70.6 Å². The molecule has 1 nitrogen and oxygen atoms in total. The maximum Gasteiger partial charge on any atom is 0.0165 e. The van der Waals surface area contributed by atoms with Crippen LogP contribution in [0.4, 0.5) is 0 Å². The largest absolute Gasteiger partial charge is 0.311 e. The van der Waals surface area contributed by atoms with Gasteiger partial charge in [-0.15, -0.1) is 0 Å². The van der Waals surface area contributed by atoms with E-state index in [4.69, 9.17) is 0 Å². The molecule has 1 saturated carbocycles. The van der Waals surface area contributed by atoms with E-state index in [1.54, 1.807) is 0 Å². The van der Waals surface area contributed by atoms with Crippen LogP contribution in [-0.4, -0.2) is 12.1 Å². The van der Waals surface area contributed by atoms with Gasteiger partial charge in [-0.1, -0.05) is 20.8 Å². The van der Waals surface area contributed by atoms with Crippen molar-refractivity contribution >= 4 is 0 Å². The first kappa shape index (κ1) is 9.05. The Bertz CT molecular complexity index is 134. The fraction of sp³-hybridized carbons (Fsp3) is 1.00. The van der Waals surface area contributed by atoms with Gasteiger partial charge < -0.3 is 5.32 Å². The maximum atomic E-state index is 3.56. The van der Waals surface area contributed by atoms with Crippen LogP contribution in [-0.2, 0) is 0 Å². The zero-order chi connectivity index (χ0) is 8.54. The lowest BCUT2D eigenvalue weighted by Crippen LogP contribution is -2.44. The van der Waals surface area contributed by atoms with Crippen LogP contribution in [0.25, 0.3) is 0 Å². The van der Waals surface area contributed by atoms with Gasteiger partial charge in [-0.3, -0.25) is 0 Å². The zero-order valence-electron chi connectivity index (χ0n) is 8.33. The van der Waals surface area contributed by atoms with Crippen LogP contribution in [0.1, 0.15) is 47.0 Å². The Morgan fingerprint density at radius 2 is 1.82 bits per heavy atom. The number of hydrogen-bond donors (Lipinski definition) is 1. The Morgan fingerprint density at radius 1 is 1.27 bits per heavy atom. The summed E-state index contributed by atoms with van der Waals surface area (Å²) in [7, 11) is 0. The van der Waals surface area contributed by atoms with Gasteiger partial charge in [-0.2, -0.15) is 0 Å². The van der Waals surface area contributed by atoms with Gasteiger partial charge >= 0.3 is 0 Å². The minimum absolute atomic E-state index is 0.552. The first-order valence-corrected chi connectivity index (χ1v) is 4.93.